The summed E-state index contributed by atoms with van der Waals surface area (Å²) in [5.74, 6) is 1.65. The third kappa shape index (κ3) is 1.86. The fourth-order valence-corrected chi connectivity index (χ4v) is 6.08. The first-order valence-electron chi connectivity index (χ1n) is 8.68. The van der Waals surface area contributed by atoms with Crippen LogP contribution < -0.4 is 0 Å². The van der Waals surface area contributed by atoms with E-state index in [-0.39, 0.29) is 0 Å². The van der Waals surface area contributed by atoms with Gasteiger partial charge in [-0.2, -0.15) is 0 Å². The molecule has 2 fully saturated rings. The van der Waals surface area contributed by atoms with Crippen molar-refractivity contribution in [2.24, 2.45) is 28.1 Å². The van der Waals surface area contributed by atoms with Crippen molar-refractivity contribution in [2.75, 3.05) is 0 Å². The van der Waals surface area contributed by atoms with Gasteiger partial charge in [0.1, 0.15) is 0 Å². The van der Waals surface area contributed by atoms with E-state index in [0.717, 1.165) is 11.8 Å². The van der Waals surface area contributed by atoms with E-state index in [1.165, 1.54) is 44.9 Å². The molecule has 3 aliphatic rings. The van der Waals surface area contributed by atoms with E-state index in [1.807, 2.05) is 5.57 Å². The Morgan fingerprint density at radius 3 is 2.55 bits per heavy atom. The van der Waals surface area contributed by atoms with Crippen molar-refractivity contribution in [3.8, 4) is 0 Å². The zero-order chi connectivity index (χ0) is 14.6. The van der Waals surface area contributed by atoms with Crippen LogP contribution in [0.3, 0.4) is 0 Å². The molecule has 0 aromatic heterocycles. The molecule has 0 radical (unpaired) electrons. The smallest absolute Gasteiger partial charge is 0.00800 e. The lowest BCUT2D eigenvalue weighted by molar-refractivity contribution is -0.0247. The van der Waals surface area contributed by atoms with Crippen LogP contribution in [0, 0.1) is 28.1 Å². The van der Waals surface area contributed by atoms with Crippen LogP contribution in [0.4, 0.5) is 0 Å². The van der Waals surface area contributed by atoms with E-state index in [0.29, 0.717) is 16.2 Å². The SMILES string of the molecule is C=C[C@@]1(C)CCC=C2C1CCC1C(C)(C)CCC[C@@]21C. The molecule has 3 aliphatic carbocycles. The lowest BCUT2D eigenvalue weighted by atomic mass is 9.45. The molecule has 2 unspecified atom stereocenters. The summed E-state index contributed by atoms with van der Waals surface area (Å²) in [6.07, 6.45) is 14.5. The molecule has 4 atom stereocenters. The molecule has 0 bridgehead atoms. The van der Waals surface area contributed by atoms with Crippen LogP contribution in [0.25, 0.3) is 0 Å². The highest BCUT2D eigenvalue weighted by Gasteiger charge is 2.55. The number of hydrogen-bond acceptors (Lipinski definition) is 0. The van der Waals surface area contributed by atoms with Crippen molar-refractivity contribution >= 4 is 0 Å². The fraction of sp³-hybridized carbons (Fsp3) is 0.800. The Bertz CT molecular complexity index is 441. The topological polar surface area (TPSA) is 0 Å². The van der Waals surface area contributed by atoms with Crippen LogP contribution in [0.2, 0.25) is 0 Å². The lowest BCUT2D eigenvalue weighted by Crippen LogP contribution is -2.50. The molecule has 2 saturated carbocycles. The first-order chi connectivity index (χ1) is 9.33. The van der Waals surface area contributed by atoms with Crippen LogP contribution in [0.5, 0.6) is 0 Å². The third-order valence-electron chi connectivity index (χ3n) is 7.32. The van der Waals surface area contributed by atoms with Crippen LogP contribution in [-0.2, 0) is 0 Å². The maximum Gasteiger partial charge on any atom is -0.00800 e. The van der Waals surface area contributed by atoms with Crippen LogP contribution in [0.1, 0.15) is 72.6 Å². The van der Waals surface area contributed by atoms with E-state index in [9.17, 15) is 0 Å². The Labute approximate surface area is 125 Å². The summed E-state index contributed by atoms with van der Waals surface area (Å²) in [5, 5.41) is 0. The quantitative estimate of drug-likeness (QED) is 0.503. The van der Waals surface area contributed by atoms with Gasteiger partial charge in [-0.15, -0.1) is 6.58 Å². The van der Waals surface area contributed by atoms with Gasteiger partial charge in [0.25, 0.3) is 0 Å². The molecule has 0 aromatic carbocycles. The molecule has 0 saturated heterocycles. The first kappa shape index (κ1) is 14.4. The molecule has 0 nitrogen and oxygen atoms in total. The van der Waals surface area contributed by atoms with Crippen molar-refractivity contribution in [1.29, 1.82) is 0 Å². The molecule has 0 heterocycles. The van der Waals surface area contributed by atoms with Crippen LogP contribution in [-0.4, -0.2) is 0 Å². The van der Waals surface area contributed by atoms with Crippen LogP contribution in [0.15, 0.2) is 24.3 Å². The zero-order valence-electron chi connectivity index (χ0n) is 14.0. The number of fused-ring (bicyclic) bond motifs is 3. The summed E-state index contributed by atoms with van der Waals surface area (Å²) in [6, 6.07) is 0. The van der Waals surface area contributed by atoms with Crippen molar-refractivity contribution < 1.29 is 0 Å². The highest BCUT2D eigenvalue weighted by atomic mass is 14.6. The van der Waals surface area contributed by atoms with Gasteiger partial charge in [0.05, 0.1) is 0 Å². The molecule has 0 N–H and O–H groups in total. The van der Waals surface area contributed by atoms with Gasteiger partial charge in [0.15, 0.2) is 0 Å². The summed E-state index contributed by atoms with van der Waals surface area (Å²) in [6.45, 7) is 14.3. The fourth-order valence-electron chi connectivity index (χ4n) is 6.08. The normalized spacial score (nSPS) is 46.9. The molecule has 0 aromatic rings. The molecule has 0 amide bonds. The molecule has 112 valence electrons. The van der Waals surface area contributed by atoms with Crippen molar-refractivity contribution in [2.45, 2.75) is 72.6 Å². The number of hydrogen-bond donors (Lipinski definition) is 0. The van der Waals surface area contributed by atoms with E-state index in [2.05, 4.69) is 46.4 Å². The average molecular weight is 272 g/mol. The predicted octanol–water partition coefficient (Wildman–Crippen LogP) is 6.14. The third-order valence-corrected chi connectivity index (χ3v) is 7.32. The van der Waals surface area contributed by atoms with E-state index in [1.54, 1.807) is 0 Å². The highest BCUT2D eigenvalue weighted by molar-refractivity contribution is 5.29. The van der Waals surface area contributed by atoms with E-state index < -0.39 is 0 Å². The second-order valence-electron chi connectivity index (χ2n) is 8.85. The second kappa shape index (κ2) is 4.49. The summed E-state index contributed by atoms with van der Waals surface area (Å²) in [4.78, 5) is 0. The summed E-state index contributed by atoms with van der Waals surface area (Å²) in [7, 11) is 0. The Balaban J connectivity index is 2.02. The molecular formula is C20H32. The monoisotopic (exact) mass is 272 g/mol. The van der Waals surface area contributed by atoms with Gasteiger partial charge in [0, 0.05) is 0 Å². The molecule has 0 aliphatic heterocycles. The van der Waals surface area contributed by atoms with Gasteiger partial charge in [-0.25, -0.2) is 0 Å². The Morgan fingerprint density at radius 1 is 1.10 bits per heavy atom. The standard InChI is InChI=1S/C20H32/c1-6-19(4)13-7-9-16-15(19)10-11-17-18(2,3)12-8-14-20(16,17)5/h6,9,15,17H,1,7-8,10-14H2,2-5H3/t15?,17?,19-,20-/m0/s1. The van der Waals surface area contributed by atoms with Crippen molar-refractivity contribution in [3.63, 3.8) is 0 Å². The van der Waals surface area contributed by atoms with Gasteiger partial charge >= 0.3 is 0 Å². The summed E-state index contributed by atoms with van der Waals surface area (Å²) in [5.41, 5.74) is 3.16. The van der Waals surface area contributed by atoms with E-state index >= 15 is 0 Å². The Morgan fingerprint density at radius 2 is 1.85 bits per heavy atom. The maximum absolute atomic E-state index is 4.18. The van der Waals surface area contributed by atoms with Crippen LogP contribution >= 0.6 is 0 Å². The first-order valence-corrected chi connectivity index (χ1v) is 8.68. The lowest BCUT2D eigenvalue weighted by Gasteiger charge is -2.60. The van der Waals surface area contributed by atoms with Crippen molar-refractivity contribution in [1.82, 2.24) is 0 Å². The van der Waals surface area contributed by atoms with E-state index in [4.69, 9.17) is 0 Å². The molecule has 20 heavy (non-hydrogen) atoms. The van der Waals surface area contributed by atoms with Crippen molar-refractivity contribution in [3.05, 3.63) is 24.3 Å². The van der Waals surface area contributed by atoms with Gasteiger partial charge < -0.3 is 0 Å². The van der Waals surface area contributed by atoms with Gasteiger partial charge in [-0.1, -0.05) is 51.8 Å². The molecule has 3 rings (SSSR count). The maximum atomic E-state index is 4.18. The minimum Gasteiger partial charge on any atom is -0.103 e. The van der Waals surface area contributed by atoms with Gasteiger partial charge in [0.2, 0.25) is 0 Å². The summed E-state index contributed by atoms with van der Waals surface area (Å²) >= 11 is 0. The second-order valence-corrected chi connectivity index (χ2v) is 8.85. The molecular weight excluding hydrogens is 240 g/mol. The molecule has 0 spiro atoms. The summed E-state index contributed by atoms with van der Waals surface area (Å²) < 4.78 is 0. The highest BCUT2D eigenvalue weighted by Crippen LogP contribution is 2.64. The predicted molar refractivity (Wildman–Crippen MR) is 87.6 cm³/mol. The zero-order valence-corrected chi connectivity index (χ0v) is 14.0. The minimum absolute atomic E-state index is 0.347. The largest absolute Gasteiger partial charge is 0.103 e. The minimum atomic E-state index is 0.347. The number of rotatable bonds is 1. The Hall–Kier alpha value is -0.520. The van der Waals surface area contributed by atoms with Gasteiger partial charge in [-0.05, 0) is 66.6 Å². The molecule has 0 heteroatoms. The van der Waals surface area contributed by atoms with Gasteiger partial charge in [-0.3, -0.25) is 0 Å². The number of allylic oxidation sites excluding steroid dienone is 3. The Kier molecular flexibility index (Phi) is 3.23. The average Bonchev–Trinajstić information content (AvgIpc) is 2.39.